The smallest absolute Gasteiger partial charge is 0.130 e. The zero-order chi connectivity index (χ0) is 10.6. The molecule has 0 aromatic heterocycles. The summed E-state index contributed by atoms with van der Waals surface area (Å²) in [5, 5.41) is 1.11. The third kappa shape index (κ3) is 3.91. The highest BCUT2D eigenvalue weighted by atomic mass is 35.5. The van der Waals surface area contributed by atoms with Crippen molar-refractivity contribution < 1.29 is 4.79 Å². The SMILES string of the molecule is CC(=O)CCSc1ccc(Cl)c(Cl)c1. The van der Waals surface area contributed by atoms with Gasteiger partial charge in [-0.3, -0.25) is 4.79 Å². The van der Waals surface area contributed by atoms with E-state index in [1.54, 1.807) is 24.8 Å². The number of Topliss-reactive ketones (excluding diaryl/α,β-unsaturated/α-hetero) is 1. The van der Waals surface area contributed by atoms with Gasteiger partial charge >= 0.3 is 0 Å². The summed E-state index contributed by atoms with van der Waals surface area (Å²) in [6.07, 6.45) is 0.588. The van der Waals surface area contributed by atoms with Crippen LogP contribution in [0.25, 0.3) is 0 Å². The Morgan fingerprint density at radius 2 is 2.07 bits per heavy atom. The fourth-order valence-electron chi connectivity index (χ4n) is 0.879. The van der Waals surface area contributed by atoms with E-state index in [2.05, 4.69) is 0 Å². The lowest BCUT2D eigenvalue weighted by Crippen LogP contribution is -1.91. The van der Waals surface area contributed by atoms with Gasteiger partial charge in [0.1, 0.15) is 5.78 Å². The molecule has 0 N–H and O–H groups in total. The van der Waals surface area contributed by atoms with E-state index in [1.807, 2.05) is 12.1 Å². The number of benzene rings is 1. The molecule has 0 unspecified atom stereocenters. The highest BCUT2D eigenvalue weighted by Gasteiger charge is 2.00. The second-order valence-corrected chi connectivity index (χ2v) is 4.86. The molecule has 0 aliphatic rings. The molecule has 0 aliphatic heterocycles. The first-order valence-electron chi connectivity index (χ1n) is 4.17. The normalized spacial score (nSPS) is 10.2. The summed E-state index contributed by atoms with van der Waals surface area (Å²) in [5.74, 6) is 0.991. The summed E-state index contributed by atoms with van der Waals surface area (Å²) in [7, 11) is 0. The topological polar surface area (TPSA) is 17.1 Å². The third-order valence-electron chi connectivity index (χ3n) is 1.61. The summed E-state index contributed by atoms with van der Waals surface area (Å²) in [5.41, 5.74) is 0. The van der Waals surface area contributed by atoms with E-state index in [9.17, 15) is 4.79 Å². The van der Waals surface area contributed by atoms with Crippen molar-refractivity contribution in [1.29, 1.82) is 0 Å². The molecule has 0 radical (unpaired) electrons. The van der Waals surface area contributed by atoms with Crippen LogP contribution in [0.4, 0.5) is 0 Å². The number of thioether (sulfide) groups is 1. The standard InChI is InChI=1S/C10H10Cl2OS/c1-7(13)4-5-14-8-2-3-9(11)10(12)6-8/h2-3,6H,4-5H2,1H3. The molecule has 0 saturated carbocycles. The number of carbonyl (C=O) groups is 1. The molecule has 0 bridgehead atoms. The van der Waals surface area contributed by atoms with Crippen molar-refractivity contribution >= 4 is 40.7 Å². The van der Waals surface area contributed by atoms with Gasteiger partial charge in [0.25, 0.3) is 0 Å². The molecule has 76 valence electrons. The Hall–Kier alpha value is -0.180. The monoisotopic (exact) mass is 248 g/mol. The molecule has 14 heavy (non-hydrogen) atoms. The van der Waals surface area contributed by atoms with Crippen molar-refractivity contribution in [3.8, 4) is 0 Å². The zero-order valence-electron chi connectivity index (χ0n) is 7.72. The Morgan fingerprint density at radius 3 is 2.64 bits per heavy atom. The first-order valence-corrected chi connectivity index (χ1v) is 5.91. The summed E-state index contributed by atoms with van der Waals surface area (Å²) in [6, 6.07) is 5.48. The average Bonchev–Trinajstić information content (AvgIpc) is 2.10. The van der Waals surface area contributed by atoms with Crippen LogP contribution in [0.1, 0.15) is 13.3 Å². The van der Waals surface area contributed by atoms with Crippen LogP contribution in [0.3, 0.4) is 0 Å². The second kappa shape index (κ2) is 5.64. The Morgan fingerprint density at radius 1 is 1.36 bits per heavy atom. The molecule has 1 rings (SSSR count). The van der Waals surface area contributed by atoms with E-state index in [0.717, 1.165) is 10.6 Å². The lowest BCUT2D eigenvalue weighted by atomic mass is 10.3. The van der Waals surface area contributed by atoms with Gasteiger partial charge in [0.15, 0.2) is 0 Å². The van der Waals surface area contributed by atoms with Crippen LogP contribution >= 0.6 is 35.0 Å². The van der Waals surface area contributed by atoms with Crippen molar-refractivity contribution in [3.05, 3.63) is 28.2 Å². The highest BCUT2D eigenvalue weighted by Crippen LogP contribution is 2.28. The maximum Gasteiger partial charge on any atom is 0.130 e. The van der Waals surface area contributed by atoms with Gasteiger partial charge in [0, 0.05) is 17.1 Å². The van der Waals surface area contributed by atoms with Gasteiger partial charge in [-0.1, -0.05) is 23.2 Å². The highest BCUT2D eigenvalue weighted by molar-refractivity contribution is 7.99. The van der Waals surface area contributed by atoms with Crippen molar-refractivity contribution in [1.82, 2.24) is 0 Å². The first-order chi connectivity index (χ1) is 6.59. The van der Waals surface area contributed by atoms with Crippen LogP contribution in [0.5, 0.6) is 0 Å². The third-order valence-corrected chi connectivity index (χ3v) is 3.35. The predicted octanol–water partition coefficient (Wildman–Crippen LogP) is 4.06. The predicted molar refractivity (Wildman–Crippen MR) is 62.5 cm³/mol. The molecule has 0 heterocycles. The number of hydrogen-bond donors (Lipinski definition) is 0. The minimum atomic E-state index is 0.206. The second-order valence-electron chi connectivity index (χ2n) is 2.88. The van der Waals surface area contributed by atoms with Crippen molar-refractivity contribution in [2.75, 3.05) is 5.75 Å². The summed E-state index contributed by atoms with van der Waals surface area (Å²) in [4.78, 5) is 11.7. The Bertz CT molecular complexity index is 339. The van der Waals surface area contributed by atoms with E-state index in [0.29, 0.717) is 16.5 Å². The van der Waals surface area contributed by atoms with Gasteiger partial charge in [0.05, 0.1) is 10.0 Å². The molecule has 0 aliphatic carbocycles. The first kappa shape index (κ1) is 11.9. The largest absolute Gasteiger partial charge is 0.300 e. The minimum Gasteiger partial charge on any atom is -0.300 e. The number of rotatable bonds is 4. The zero-order valence-corrected chi connectivity index (χ0v) is 10.0. The molecule has 0 atom stereocenters. The average molecular weight is 249 g/mol. The van der Waals surface area contributed by atoms with Crippen LogP contribution in [0, 0.1) is 0 Å². The Balaban J connectivity index is 2.51. The van der Waals surface area contributed by atoms with Crippen LogP contribution in [-0.4, -0.2) is 11.5 Å². The van der Waals surface area contributed by atoms with E-state index in [1.165, 1.54) is 0 Å². The molecule has 1 aromatic carbocycles. The number of hydrogen-bond acceptors (Lipinski definition) is 2. The fraction of sp³-hybridized carbons (Fsp3) is 0.300. The molecule has 0 spiro atoms. The molecule has 1 nitrogen and oxygen atoms in total. The van der Waals surface area contributed by atoms with E-state index in [4.69, 9.17) is 23.2 Å². The molecular weight excluding hydrogens is 239 g/mol. The lowest BCUT2D eigenvalue weighted by molar-refractivity contribution is -0.116. The summed E-state index contributed by atoms with van der Waals surface area (Å²) < 4.78 is 0. The van der Waals surface area contributed by atoms with Gasteiger partial charge in [-0.25, -0.2) is 0 Å². The maximum atomic E-state index is 10.7. The number of halogens is 2. The molecule has 4 heteroatoms. The molecule has 0 fully saturated rings. The molecule has 1 aromatic rings. The number of carbonyl (C=O) groups excluding carboxylic acids is 1. The van der Waals surface area contributed by atoms with E-state index >= 15 is 0 Å². The number of ketones is 1. The van der Waals surface area contributed by atoms with E-state index < -0.39 is 0 Å². The van der Waals surface area contributed by atoms with Crippen molar-refractivity contribution in [2.45, 2.75) is 18.2 Å². The van der Waals surface area contributed by atoms with Crippen molar-refractivity contribution in [2.24, 2.45) is 0 Å². The van der Waals surface area contributed by atoms with Crippen molar-refractivity contribution in [3.63, 3.8) is 0 Å². The summed E-state index contributed by atoms with van der Waals surface area (Å²) >= 11 is 13.2. The van der Waals surface area contributed by atoms with Gasteiger partial charge in [0.2, 0.25) is 0 Å². The maximum absolute atomic E-state index is 10.7. The summed E-state index contributed by atoms with van der Waals surface area (Å²) in [6.45, 7) is 1.59. The fourth-order valence-corrected chi connectivity index (χ4v) is 2.23. The Kier molecular flexibility index (Phi) is 4.79. The van der Waals surface area contributed by atoms with Gasteiger partial charge in [-0.05, 0) is 25.1 Å². The molecular formula is C10H10Cl2OS. The van der Waals surface area contributed by atoms with Crippen LogP contribution in [-0.2, 0) is 4.79 Å². The lowest BCUT2D eigenvalue weighted by Gasteiger charge is -2.01. The molecule has 0 saturated heterocycles. The van der Waals surface area contributed by atoms with Gasteiger partial charge < -0.3 is 0 Å². The van der Waals surface area contributed by atoms with Crippen LogP contribution in [0.15, 0.2) is 23.1 Å². The van der Waals surface area contributed by atoms with Crippen LogP contribution < -0.4 is 0 Å². The minimum absolute atomic E-state index is 0.206. The van der Waals surface area contributed by atoms with Crippen LogP contribution in [0.2, 0.25) is 10.0 Å². The Labute approximate surface area is 97.8 Å². The molecule has 0 amide bonds. The van der Waals surface area contributed by atoms with Gasteiger partial charge in [-0.2, -0.15) is 0 Å². The van der Waals surface area contributed by atoms with E-state index in [-0.39, 0.29) is 5.78 Å². The quantitative estimate of drug-likeness (QED) is 0.748. The van der Waals surface area contributed by atoms with Gasteiger partial charge in [-0.15, -0.1) is 11.8 Å².